The first-order valence-electron chi connectivity index (χ1n) is 20.6. The lowest BCUT2D eigenvalue weighted by Crippen LogP contribution is -2.52. The van der Waals surface area contributed by atoms with Crippen LogP contribution < -0.4 is 42.4 Å². The van der Waals surface area contributed by atoms with E-state index in [2.05, 4.69) is 25.8 Å². The highest BCUT2D eigenvalue weighted by molar-refractivity contribution is 6.33. The molecule has 0 aliphatic carbocycles. The number of piperazine rings is 2. The zero-order valence-electron chi connectivity index (χ0n) is 33.8. The van der Waals surface area contributed by atoms with Gasteiger partial charge in [-0.05, 0) is 82.1 Å². The molecule has 0 radical (unpaired) electrons. The number of hydrogen-bond donors (Lipinski definition) is 5. The summed E-state index contributed by atoms with van der Waals surface area (Å²) >= 11 is 5.94. The molecule has 0 bridgehead atoms. The number of carbonyl (C=O) groups excluding carboxylic acids is 2. The number of nitrogens with zero attached hydrogens (tertiary/aromatic N) is 4. The molecule has 16 nitrogen and oxygen atoms in total. The van der Waals surface area contributed by atoms with E-state index in [4.69, 9.17) is 16.3 Å². The highest BCUT2D eigenvalue weighted by Gasteiger charge is 2.35. The Balaban J connectivity index is 0.000000174. The fourth-order valence-electron chi connectivity index (χ4n) is 8.73. The fraction of sp³-hybridized carbons (Fsp3) is 0.364. The number of amides is 2. The van der Waals surface area contributed by atoms with Gasteiger partial charge < -0.3 is 40.7 Å². The van der Waals surface area contributed by atoms with Gasteiger partial charge in [0.15, 0.2) is 17.2 Å². The number of phenols is 2. The van der Waals surface area contributed by atoms with Crippen LogP contribution in [0.1, 0.15) is 53.3 Å². The topological polar surface area (TPSA) is 201 Å². The van der Waals surface area contributed by atoms with E-state index in [0.29, 0.717) is 38.3 Å². The number of nitrogens with one attached hydrogen (secondary N) is 3. The largest absolute Gasteiger partial charge is 0.505 e. The van der Waals surface area contributed by atoms with E-state index < -0.39 is 27.5 Å². The van der Waals surface area contributed by atoms with Crippen molar-refractivity contribution in [2.45, 2.75) is 44.7 Å². The van der Waals surface area contributed by atoms with E-state index in [1.54, 1.807) is 41.0 Å². The van der Waals surface area contributed by atoms with Crippen molar-refractivity contribution in [2.24, 2.45) is 0 Å². The first kappa shape index (κ1) is 42.4. The average molecular weight is 870 g/mol. The summed E-state index contributed by atoms with van der Waals surface area (Å²) in [5.41, 5.74) is -2.50. The minimum absolute atomic E-state index is 0.00585. The smallest absolute Gasteiger partial charge is 0.272 e. The zero-order chi connectivity index (χ0) is 43.8. The van der Waals surface area contributed by atoms with Crippen LogP contribution in [0.2, 0.25) is 5.02 Å². The molecule has 2 unspecified atom stereocenters. The minimum atomic E-state index is -0.802. The van der Waals surface area contributed by atoms with Gasteiger partial charge in [0.1, 0.15) is 22.9 Å². The van der Waals surface area contributed by atoms with Crippen LogP contribution in [0.4, 0.5) is 38.5 Å². The number of carbonyl (C=O) groups is 2. The van der Waals surface area contributed by atoms with Gasteiger partial charge >= 0.3 is 0 Å². The molecule has 0 saturated carbocycles. The Hall–Kier alpha value is -6.30. The summed E-state index contributed by atoms with van der Waals surface area (Å²) in [7, 11) is 0. The van der Waals surface area contributed by atoms with Gasteiger partial charge in [0.25, 0.3) is 33.5 Å². The van der Waals surface area contributed by atoms with E-state index in [-0.39, 0.29) is 85.9 Å². The van der Waals surface area contributed by atoms with Gasteiger partial charge in [-0.25, -0.2) is 4.39 Å². The monoisotopic (exact) mass is 869 g/mol. The van der Waals surface area contributed by atoms with Gasteiger partial charge in [-0.3, -0.25) is 38.6 Å². The second kappa shape index (κ2) is 17.6. The van der Waals surface area contributed by atoms with Crippen LogP contribution in [0.15, 0.2) is 73.8 Å². The van der Waals surface area contributed by atoms with Crippen LogP contribution in [-0.2, 0) is 0 Å². The standard InChI is InChI=1S/C24H22ClFN4O4.C20H23N3O5/c25-18-15(26)6-2-7-16(18)27-19-20(23(33)22(19)32)28-17-8-1-5-14(21(17)31)24(34)30-11-10-29-9-3-4-13(29)12-30;1-2-28-19-15(17(25)18(19)26)21-14-7-3-6-13(16(14)24)20(27)23-10-9-22-8-4-5-12(22)11-23/h1-2,5-8,13,27-28,31H,3-4,9-12H2;3,6-7,12,21,24H,2,4-5,8-11H2,1H3. The Morgan fingerprint density at radius 2 is 1.11 bits per heavy atom. The lowest BCUT2D eigenvalue weighted by Gasteiger charge is -2.37. The summed E-state index contributed by atoms with van der Waals surface area (Å²) in [5.74, 6) is -1.80. The molecule has 62 heavy (non-hydrogen) atoms. The molecule has 2 amide bonds. The van der Waals surface area contributed by atoms with Gasteiger partial charge in [0.2, 0.25) is 0 Å². The van der Waals surface area contributed by atoms with Crippen molar-refractivity contribution >= 4 is 57.5 Å². The Bertz CT molecular complexity index is 2690. The summed E-state index contributed by atoms with van der Waals surface area (Å²) in [5, 5.41) is 29.4. The van der Waals surface area contributed by atoms with Gasteiger partial charge in [-0.15, -0.1) is 0 Å². The van der Waals surface area contributed by atoms with Crippen LogP contribution in [-0.4, -0.2) is 113 Å². The number of anilines is 6. The molecule has 0 aromatic heterocycles. The first-order chi connectivity index (χ1) is 29.9. The normalized spacial score (nSPS) is 18.8. The number of fused-ring (bicyclic) bond motifs is 2. The third-order valence-corrected chi connectivity index (χ3v) is 12.5. The third kappa shape index (κ3) is 7.98. The molecule has 5 N–H and O–H groups in total. The van der Waals surface area contributed by atoms with Crippen LogP contribution in [0.5, 0.6) is 17.2 Å². The van der Waals surface area contributed by atoms with Crippen LogP contribution in [0.3, 0.4) is 0 Å². The maximum Gasteiger partial charge on any atom is 0.272 e. The number of halogens is 2. The molecule has 324 valence electrons. The lowest BCUT2D eigenvalue weighted by atomic mass is 10.1. The predicted molar refractivity (Wildman–Crippen MR) is 232 cm³/mol. The first-order valence-corrected chi connectivity index (χ1v) is 21.0. The molecule has 9 rings (SSSR count). The molecule has 4 heterocycles. The number of phenolic OH excluding ortho intramolecular Hbond substituents is 2. The summed E-state index contributed by atoms with van der Waals surface area (Å²) in [6.45, 7) is 8.20. The second-order valence-electron chi connectivity index (χ2n) is 15.7. The minimum Gasteiger partial charge on any atom is -0.505 e. The molecule has 5 aromatic rings. The van der Waals surface area contributed by atoms with Gasteiger partial charge in [-0.1, -0.05) is 29.8 Å². The van der Waals surface area contributed by atoms with Crippen molar-refractivity contribution in [3.05, 3.63) is 117 Å². The van der Waals surface area contributed by atoms with Crippen molar-refractivity contribution in [3.63, 3.8) is 0 Å². The Kier molecular flexibility index (Phi) is 12.0. The molecule has 18 heteroatoms. The molecule has 2 atom stereocenters. The van der Waals surface area contributed by atoms with Crippen molar-refractivity contribution < 1.29 is 28.9 Å². The van der Waals surface area contributed by atoms with E-state index in [0.717, 1.165) is 51.9 Å². The molecule has 0 spiro atoms. The lowest BCUT2D eigenvalue weighted by molar-refractivity contribution is 0.0563. The summed E-state index contributed by atoms with van der Waals surface area (Å²) in [6.07, 6.45) is 4.41. The average Bonchev–Trinajstić information content (AvgIpc) is 3.97. The number of para-hydroxylation sites is 2. The van der Waals surface area contributed by atoms with Crippen LogP contribution in [0.25, 0.3) is 0 Å². The number of ether oxygens (including phenoxy) is 1. The Morgan fingerprint density at radius 1 is 0.661 bits per heavy atom. The van der Waals surface area contributed by atoms with E-state index >= 15 is 0 Å². The van der Waals surface area contributed by atoms with Crippen molar-refractivity contribution in [2.75, 3.05) is 74.9 Å². The maximum absolute atomic E-state index is 13.7. The second-order valence-corrected chi connectivity index (χ2v) is 16.1. The predicted octanol–water partition coefficient (Wildman–Crippen LogP) is 4.24. The SMILES string of the molecule is CCOc1c(Nc2cccc(C(=O)N3CCN4CCCC4C3)c2O)c(=O)c1=O.O=C(c1cccc(Nc2c(Nc3cccc(F)c3Cl)c(=O)c2=O)c1O)N1CCN2CCCC2C1. The summed E-state index contributed by atoms with van der Waals surface area (Å²) < 4.78 is 18.9. The Morgan fingerprint density at radius 3 is 1.63 bits per heavy atom. The molecule has 4 aliphatic heterocycles. The zero-order valence-corrected chi connectivity index (χ0v) is 34.6. The number of rotatable bonds is 10. The van der Waals surface area contributed by atoms with Crippen molar-refractivity contribution in [1.29, 1.82) is 0 Å². The molecule has 4 aliphatic rings. The van der Waals surface area contributed by atoms with Crippen molar-refractivity contribution in [1.82, 2.24) is 19.6 Å². The van der Waals surface area contributed by atoms with E-state index in [9.17, 15) is 43.4 Å². The summed E-state index contributed by atoms with van der Waals surface area (Å²) in [4.78, 5) is 82.2. The molecular weight excluding hydrogens is 825 g/mol. The van der Waals surface area contributed by atoms with Gasteiger partial charge in [-0.2, -0.15) is 0 Å². The number of benzene rings is 3. The van der Waals surface area contributed by atoms with E-state index in [1.807, 2.05) is 0 Å². The maximum atomic E-state index is 13.7. The Labute approximate surface area is 359 Å². The third-order valence-electron chi connectivity index (χ3n) is 12.1. The molecular formula is C44H45ClFN7O9. The molecule has 5 aromatic carbocycles. The highest BCUT2D eigenvalue weighted by Crippen LogP contribution is 2.36. The molecule has 4 saturated heterocycles. The quantitative estimate of drug-likeness (QED) is 0.0986. The van der Waals surface area contributed by atoms with Crippen molar-refractivity contribution in [3.8, 4) is 17.2 Å². The van der Waals surface area contributed by atoms with Gasteiger partial charge in [0.05, 0.1) is 39.8 Å². The fourth-order valence-corrected chi connectivity index (χ4v) is 8.90. The summed E-state index contributed by atoms with van der Waals surface area (Å²) in [6, 6.07) is 14.1. The van der Waals surface area contributed by atoms with Crippen LogP contribution in [0, 0.1) is 5.82 Å². The molecule has 4 fully saturated rings. The van der Waals surface area contributed by atoms with Crippen LogP contribution >= 0.6 is 11.6 Å². The van der Waals surface area contributed by atoms with E-state index in [1.165, 1.54) is 30.3 Å². The number of hydrogen-bond acceptors (Lipinski definition) is 14. The van der Waals surface area contributed by atoms with Gasteiger partial charge in [0, 0.05) is 51.4 Å². The number of aromatic hydroxyl groups is 2. The highest BCUT2D eigenvalue weighted by atomic mass is 35.5.